The van der Waals surface area contributed by atoms with Crippen LogP contribution in [0.4, 0.5) is 0 Å². The number of nitro groups is 1. The number of hydrazine groups is 1. The monoisotopic (exact) mass is 352 g/mol. The van der Waals surface area contributed by atoms with Gasteiger partial charge in [0.25, 0.3) is 5.70 Å². The molecule has 0 spiro atoms. The maximum Gasteiger partial charge on any atom is 0.271 e. The van der Waals surface area contributed by atoms with Crippen LogP contribution in [0.1, 0.15) is 60.8 Å². The molecule has 4 N–H and O–H groups in total. The number of nitrogens with two attached hydrogens (primary N) is 1. The second-order valence-corrected chi connectivity index (χ2v) is 5.26. The molecule has 0 rings (SSSR count). The van der Waals surface area contributed by atoms with Crippen molar-refractivity contribution in [3.05, 3.63) is 56.5 Å². The highest BCUT2D eigenvalue weighted by molar-refractivity contribution is 5.37. The number of nitrogens with zero attached hydrogens (tertiary/aromatic N) is 1. The van der Waals surface area contributed by atoms with Crippen LogP contribution >= 0.6 is 0 Å². The molecule has 0 aliphatic carbocycles. The molecule has 0 amide bonds. The Bertz CT molecular complexity index is 518. The minimum Gasteiger partial charge on any atom is -0.327 e. The molecule has 6 nitrogen and oxygen atoms in total. The van der Waals surface area contributed by atoms with E-state index in [-0.39, 0.29) is 10.6 Å². The third-order valence-corrected chi connectivity index (χ3v) is 3.40. The standard InChI is InChI=1S/C17H30N4O2.C2H6/c1-6-8-13(3)16(21(22)23)11-10-14(4)17(20-19-5)15(12-18)9-7-2;1-2/h8,10-11,19-20H,6-7,9,12,18H2,1-5H3;1-2H3/b13-8+,14-10+,16-11+,17-15+;. The molecular weight excluding hydrogens is 316 g/mol. The average Bonchev–Trinajstić information content (AvgIpc) is 2.59. The lowest BCUT2D eigenvalue weighted by Gasteiger charge is -2.16. The summed E-state index contributed by atoms with van der Waals surface area (Å²) in [7, 11) is 1.78. The Labute approximate surface area is 153 Å². The normalized spacial score (nSPS) is 13.7. The number of hydrogen-bond donors (Lipinski definition) is 3. The van der Waals surface area contributed by atoms with Gasteiger partial charge >= 0.3 is 0 Å². The molecule has 0 unspecified atom stereocenters. The van der Waals surface area contributed by atoms with E-state index in [9.17, 15) is 10.1 Å². The van der Waals surface area contributed by atoms with Crippen molar-refractivity contribution in [3.63, 3.8) is 0 Å². The van der Waals surface area contributed by atoms with Crippen molar-refractivity contribution in [2.24, 2.45) is 5.73 Å². The SMILES string of the molecule is CC.CC/C=C(C)/C(=C\C=C(C)\C(NNC)=C(/CN)CCC)[N+](=O)[O-]. The number of hydrogen-bond acceptors (Lipinski definition) is 5. The Morgan fingerprint density at radius 1 is 1.16 bits per heavy atom. The fourth-order valence-electron chi connectivity index (χ4n) is 2.26. The van der Waals surface area contributed by atoms with Gasteiger partial charge in [0.05, 0.1) is 10.6 Å². The van der Waals surface area contributed by atoms with Crippen LogP contribution in [0.3, 0.4) is 0 Å². The van der Waals surface area contributed by atoms with Gasteiger partial charge in [0.2, 0.25) is 0 Å². The summed E-state index contributed by atoms with van der Waals surface area (Å²) in [5, 5.41) is 11.2. The van der Waals surface area contributed by atoms with Crippen molar-refractivity contribution in [1.82, 2.24) is 10.9 Å². The lowest BCUT2D eigenvalue weighted by molar-refractivity contribution is -0.420. The Morgan fingerprint density at radius 3 is 2.16 bits per heavy atom. The zero-order valence-electron chi connectivity index (χ0n) is 16.9. The van der Waals surface area contributed by atoms with E-state index >= 15 is 0 Å². The van der Waals surface area contributed by atoms with E-state index < -0.39 is 0 Å². The Hall–Kier alpha value is -1.92. The molecule has 0 fully saturated rings. The van der Waals surface area contributed by atoms with E-state index in [1.54, 1.807) is 26.1 Å². The zero-order chi connectivity index (χ0) is 19.8. The van der Waals surface area contributed by atoms with Crippen molar-refractivity contribution in [3.8, 4) is 0 Å². The smallest absolute Gasteiger partial charge is 0.271 e. The molecule has 0 aromatic heterocycles. The van der Waals surface area contributed by atoms with E-state index in [2.05, 4.69) is 17.8 Å². The van der Waals surface area contributed by atoms with Crippen LogP contribution in [0.2, 0.25) is 0 Å². The van der Waals surface area contributed by atoms with Gasteiger partial charge in [-0.05, 0) is 37.8 Å². The highest BCUT2D eigenvalue weighted by atomic mass is 16.6. The molecule has 0 saturated carbocycles. The van der Waals surface area contributed by atoms with E-state index in [0.717, 1.165) is 36.1 Å². The highest BCUT2D eigenvalue weighted by Gasteiger charge is 2.12. The van der Waals surface area contributed by atoms with Crippen LogP contribution in [-0.2, 0) is 0 Å². The van der Waals surface area contributed by atoms with Crippen LogP contribution in [0, 0.1) is 10.1 Å². The molecule has 0 aromatic rings. The third-order valence-electron chi connectivity index (χ3n) is 3.40. The maximum atomic E-state index is 11.2. The first-order chi connectivity index (χ1) is 11.9. The Kier molecular flexibility index (Phi) is 15.8. The second-order valence-electron chi connectivity index (χ2n) is 5.26. The first kappa shape index (κ1) is 25.3. The van der Waals surface area contributed by atoms with Crippen molar-refractivity contribution >= 4 is 0 Å². The molecule has 0 atom stereocenters. The fourth-order valence-corrected chi connectivity index (χ4v) is 2.26. The molecule has 0 aliphatic heterocycles. The van der Waals surface area contributed by atoms with Gasteiger partial charge in [-0.25, -0.2) is 5.43 Å². The van der Waals surface area contributed by atoms with Crippen LogP contribution in [-0.4, -0.2) is 18.5 Å². The minimum atomic E-state index is -0.351. The average molecular weight is 353 g/mol. The molecule has 0 saturated heterocycles. The van der Waals surface area contributed by atoms with Gasteiger partial charge in [0, 0.05) is 25.2 Å². The molecule has 6 heteroatoms. The summed E-state index contributed by atoms with van der Waals surface area (Å²) in [6.07, 6.45) is 7.79. The predicted octanol–water partition coefficient (Wildman–Crippen LogP) is 4.21. The largest absolute Gasteiger partial charge is 0.327 e. The summed E-state index contributed by atoms with van der Waals surface area (Å²) < 4.78 is 0. The third kappa shape index (κ3) is 9.84. The molecule has 0 radical (unpaired) electrons. The van der Waals surface area contributed by atoms with Gasteiger partial charge in [-0.15, -0.1) is 0 Å². The molecule has 0 aliphatic rings. The Morgan fingerprint density at radius 2 is 1.76 bits per heavy atom. The van der Waals surface area contributed by atoms with Crippen molar-refractivity contribution < 1.29 is 4.92 Å². The van der Waals surface area contributed by atoms with Gasteiger partial charge in [-0.3, -0.25) is 10.1 Å². The van der Waals surface area contributed by atoms with Crippen molar-refractivity contribution in [2.75, 3.05) is 13.6 Å². The summed E-state index contributed by atoms with van der Waals surface area (Å²) in [5.41, 5.74) is 15.5. The number of nitrogens with one attached hydrogen (secondary N) is 2. The van der Waals surface area contributed by atoms with Gasteiger partial charge < -0.3 is 11.2 Å². The topological polar surface area (TPSA) is 93.2 Å². The van der Waals surface area contributed by atoms with Crippen LogP contribution in [0.5, 0.6) is 0 Å². The first-order valence-corrected chi connectivity index (χ1v) is 8.98. The molecule has 0 bridgehead atoms. The number of allylic oxidation sites excluding steroid dienone is 5. The van der Waals surface area contributed by atoms with Crippen LogP contribution < -0.4 is 16.6 Å². The van der Waals surface area contributed by atoms with Crippen LogP contribution in [0.25, 0.3) is 0 Å². The van der Waals surface area contributed by atoms with E-state index in [1.165, 1.54) is 0 Å². The zero-order valence-corrected chi connectivity index (χ0v) is 16.9. The van der Waals surface area contributed by atoms with Crippen molar-refractivity contribution in [2.45, 2.75) is 60.8 Å². The van der Waals surface area contributed by atoms with Crippen molar-refractivity contribution in [1.29, 1.82) is 0 Å². The lowest BCUT2D eigenvalue weighted by atomic mass is 10.0. The van der Waals surface area contributed by atoms with Gasteiger partial charge in [-0.1, -0.05) is 46.3 Å². The highest BCUT2D eigenvalue weighted by Crippen LogP contribution is 2.17. The molecule has 25 heavy (non-hydrogen) atoms. The summed E-state index contributed by atoms with van der Waals surface area (Å²) in [6.45, 7) is 12.2. The molecule has 144 valence electrons. The van der Waals surface area contributed by atoms with Crippen LogP contribution in [0.15, 0.2) is 46.3 Å². The van der Waals surface area contributed by atoms with E-state index in [1.807, 2.05) is 33.8 Å². The van der Waals surface area contributed by atoms with E-state index in [4.69, 9.17) is 5.73 Å². The molecule has 0 heterocycles. The predicted molar refractivity (Wildman–Crippen MR) is 107 cm³/mol. The summed E-state index contributed by atoms with van der Waals surface area (Å²) >= 11 is 0. The quantitative estimate of drug-likeness (QED) is 0.311. The summed E-state index contributed by atoms with van der Waals surface area (Å²) in [5.74, 6) is 0. The number of rotatable bonds is 10. The fraction of sp³-hybridized carbons (Fsp3) is 0.579. The second kappa shape index (κ2) is 15.6. The molecule has 0 aromatic carbocycles. The van der Waals surface area contributed by atoms with Gasteiger partial charge in [0.15, 0.2) is 0 Å². The molecular formula is C19H36N4O2. The first-order valence-electron chi connectivity index (χ1n) is 8.98. The summed E-state index contributed by atoms with van der Waals surface area (Å²) in [6, 6.07) is 0. The lowest BCUT2D eigenvalue weighted by Crippen LogP contribution is -2.29. The summed E-state index contributed by atoms with van der Waals surface area (Å²) in [4.78, 5) is 10.9. The van der Waals surface area contributed by atoms with Gasteiger partial charge in [-0.2, -0.15) is 0 Å². The Balaban J connectivity index is 0. The van der Waals surface area contributed by atoms with E-state index in [0.29, 0.717) is 12.1 Å². The van der Waals surface area contributed by atoms with Gasteiger partial charge in [0.1, 0.15) is 0 Å². The maximum absolute atomic E-state index is 11.2. The minimum absolute atomic E-state index is 0.111.